The maximum atomic E-state index is 5.92. The van der Waals surface area contributed by atoms with Crippen molar-refractivity contribution in [2.45, 2.75) is 12.1 Å². The topological polar surface area (TPSA) is 39.1 Å². The Balaban J connectivity index is 1.30. The number of rotatable bonds is 9. The molecular weight excluding hydrogens is 478 g/mol. The van der Waals surface area contributed by atoms with Crippen molar-refractivity contribution in [2.24, 2.45) is 0 Å². The second kappa shape index (κ2) is 11.1. The average molecular weight is 508 g/mol. The van der Waals surface area contributed by atoms with Crippen LogP contribution in [0.2, 0.25) is 0 Å². The van der Waals surface area contributed by atoms with Crippen molar-refractivity contribution in [1.82, 2.24) is 9.55 Å². The van der Waals surface area contributed by atoms with Crippen LogP contribution in [0.15, 0.2) is 158 Å². The summed E-state index contributed by atoms with van der Waals surface area (Å²) in [6.45, 7) is 0.598. The Morgan fingerprint density at radius 2 is 1.03 bits per heavy atom. The predicted octanol–water partition coefficient (Wildman–Crippen LogP) is 8.13. The zero-order chi connectivity index (χ0) is 26.3. The minimum Gasteiger partial charge on any atom is -0.457 e. The summed E-state index contributed by atoms with van der Waals surface area (Å²) in [6.07, 6.45) is 4.09. The smallest absolute Gasteiger partial charge is 0.127 e. The van der Waals surface area contributed by atoms with E-state index in [1.165, 1.54) is 16.7 Å². The summed E-state index contributed by atoms with van der Waals surface area (Å²) >= 11 is 0. The Labute approximate surface area is 229 Å². The van der Waals surface area contributed by atoms with E-state index < -0.39 is 5.54 Å². The molecule has 6 aromatic rings. The highest BCUT2D eigenvalue weighted by Crippen LogP contribution is 2.40. The zero-order valence-electron chi connectivity index (χ0n) is 21.5. The second-order valence-electron chi connectivity index (χ2n) is 9.37. The molecule has 0 unspecified atom stereocenters. The maximum absolute atomic E-state index is 5.92. The maximum Gasteiger partial charge on any atom is 0.127 e. The monoisotopic (exact) mass is 507 g/mol. The molecule has 190 valence electrons. The van der Waals surface area contributed by atoms with Crippen LogP contribution in [0.1, 0.15) is 22.4 Å². The van der Waals surface area contributed by atoms with Gasteiger partial charge in [-0.05, 0) is 53.1 Å². The van der Waals surface area contributed by atoms with Crippen LogP contribution in [0.4, 0.5) is 5.69 Å². The van der Waals surface area contributed by atoms with Crippen LogP contribution >= 0.6 is 0 Å². The molecule has 0 bridgehead atoms. The van der Waals surface area contributed by atoms with Gasteiger partial charge in [0.2, 0.25) is 0 Å². The summed E-state index contributed by atoms with van der Waals surface area (Å²) in [7, 11) is 0. The molecule has 0 radical (unpaired) electrons. The van der Waals surface area contributed by atoms with Crippen molar-refractivity contribution in [2.75, 3.05) is 5.32 Å². The lowest BCUT2D eigenvalue weighted by Crippen LogP contribution is -2.36. The molecular formula is C35H29N3O. The highest BCUT2D eigenvalue weighted by Gasteiger charge is 2.38. The van der Waals surface area contributed by atoms with Gasteiger partial charge in [-0.15, -0.1) is 0 Å². The third-order valence-electron chi connectivity index (χ3n) is 6.90. The van der Waals surface area contributed by atoms with Gasteiger partial charge in [0.05, 0.1) is 18.6 Å². The number of aromatic nitrogens is 2. The zero-order valence-corrected chi connectivity index (χ0v) is 21.5. The molecule has 0 aliphatic rings. The molecule has 0 saturated carbocycles. The highest BCUT2D eigenvalue weighted by atomic mass is 16.5. The summed E-state index contributed by atoms with van der Waals surface area (Å²) in [6, 6.07) is 49.7. The lowest BCUT2D eigenvalue weighted by atomic mass is 9.77. The van der Waals surface area contributed by atoms with E-state index in [1.807, 2.05) is 60.9 Å². The molecule has 4 nitrogen and oxygen atoms in total. The Hall–Kier alpha value is -5.09. The van der Waals surface area contributed by atoms with Crippen LogP contribution in [-0.4, -0.2) is 9.55 Å². The molecule has 0 aliphatic carbocycles. The minimum atomic E-state index is -0.564. The van der Waals surface area contributed by atoms with E-state index in [-0.39, 0.29) is 0 Å². The van der Waals surface area contributed by atoms with E-state index in [0.717, 1.165) is 22.9 Å². The molecule has 4 heteroatoms. The number of hydrogen-bond acceptors (Lipinski definition) is 3. The first-order valence-electron chi connectivity index (χ1n) is 13.1. The first-order chi connectivity index (χ1) is 19.3. The van der Waals surface area contributed by atoms with Gasteiger partial charge in [0.25, 0.3) is 0 Å². The van der Waals surface area contributed by atoms with Crippen molar-refractivity contribution in [3.63, 3.8) is 0 Å². The molecule has 5 aromatic carbocycles. The summed E-state index contributed by atoms with van der Waals surface area (Å²) in [5, 5.41) is 3.50. The molecule has 0 amide bonds. The van der Waals surface area contributed by atoms with Gasteiger partial charge in [-0.2, -0.15) is 0 Å². The van der Waals surface area contributed by atoms with Crippen molar-refractivity contribution < 1.29 is 4.74 Å². The number of hydrogen-bond donors (Lipinski definition) is 1. The van der Waals surface area contributed by atoms with Gasteiger partial charge < -0.3 is 14.6 Å². The fraction of sp³-hybridized carbons (Fsp3) is 0.0571. The van der Waals surface area contributed by atoms with Crippen LogP contribution in [0, 0.1) is 0 Å². The van der Waals surface area contributed by atoms with Gasteiger partial charge in [0, 0.05) is 11.9 Å². The first-order valence-corrected chi connectivity index (χ1v) is 13.1. The van der Waals surface area contributed by atoms with E-state index in [2.05, 4.69) is 107 Å². The lowest BCUT2D eigenvalue weighted by Gasteiger charge is -2.37. The van der Waals surface area contributed by atoms with E-state index in [9.17, 15) is 0 Å². The molecule has 1 N–H and O–H groups in total. The molecule has 0 spiro atoms. The summed E-state index contributed by atoms with van der Waals surface area (Å²) in [5.74, 6) is 1.62. The number of nitrogens with one attached hydrogen (secondary N) is 1. The van der Waals surface area contributed by atoms with Crippen LogP contribution in [0.3, 0.4) is 0 Å². The molecule has 1 aromatic heterocycles. The highest BCUT2D eigenvalue weighted by molar-refractivity contribution is 5.51. The number of ether oxygens (including phenoxy) is 1. The number of imidazole rings is 1. The normalized spacial score (nSPS) is 11.2. The van der Waals surface area contributed by atoms with E-state index in [1.54, 1.807) is 0 Å². The van der Waals surface area contributed by atoms with Gasteiger partial charge >= 0.3 is 0 Å². The molecule has 1 heterocycles. The van der Waals surface area contributed by atoms with Crippen LogP contribution in [-0.2, 0) is 12.1 Å². The molecule has 0 atom stereocenters. The van der Waals surface area contributed by atoms with E-state index in [4.69, 9.17) is 9.72 Å². The second-order valence-corrected chi connectivity index (χ2v) is 9.37. The summed E-state index contributed by atoms with van der Waals surface area (Å²) < 4.78 is 8.16. The fourth-order valence-electron chi connectivity index (χ4n) is 5.08. The Morgan fingerprint density at radius 1 is 0.564 bits per heavy atom. The Morgan fingerprint density at radius 3 is 1.54 bits per heavy atom. The van der Waals surface area contributed by atoms with E-state index >= 15 is 0 Å². The summed E-state index contributed by atoms with van der Waals surface area (Å²) in [5.41, 5.74) is 4.91. The Bertz CT molecular complexity index is 1500. The number of para-hydroxylation sites is 1. The summed E-state index contributed by atoms with van der Waals surface area (Å²) in [4.78, 5) is 4.82. The molecule has 0 saturated heterocycles. The SMILES string of the molecule is c1ccc(Oc2ccc(NCc3cn(C(c4ccccc4)(c4ccccc4)c4ccccc4)cn3)cc2)cc1. The fourth-order valence-corrected chi connectivity index (χ4v) is 5.08. The standard InChI is InChI=1S/C35H29N3O/c1-5-13-28(14-6-1)35(29-15-7-2-8-16-29,30-17-9-3-10-18-30)38-26-32(37-27-38)25-36-31-21-23-34(24-22-31)39-33-19-11-4-12-20-33/h1-24,26-27,36H,25H2. The van der Waals surface area contributed by atoms with Gasteiger partial charge in [-0.1, -0.05) is 109 Å². The number of benzene rings is 5. The quantitative estimate of drug-likeness (QED) is 0.201. The van der Waals surface area contributed by atoms with Gasteiger partial charge in [-0.25, -0.2) is 4.98 Å². The predicted molar refractivity (Wildman–Crippen MR) is 157 cm³/mol. The third-order valence-corrected chi connectivity index (χ3v) is 6.90. The third kappa shape index (κ3) is 5.05. The van der Waals surface area contributed by atoms with Crippen molar-refractivity contribution in [3.05, 3.63) is 181 Å². The van der Waals surface area contributed by atoms with Gasteiger partial charge in [0.15, 0.2) is 0 Å². The van der Waals surface area contributed by atoms with Gasteiger partial charge in [-0.3, -0.25) is 0 Å². The minimum absolute atomic E-state index is 0.564. The largest absolute Gasteiger partial charge is 0.457 e. The van der Waals surface area contributed by atoms with Crippen molar-refractivity contribution in [1.29, 1.82) is 0 Å². The van der Waals surface area contributed by atoms with Crippen LogP contribution < -0.4 is 10.1 Å². The van der Waals surface area contributed by atoms with Crippen molar-refractivity contribution >= 4 is 5.69 Å². The Kier molecular flexibility index (Phi) is 6.91. The van der Waals surface area contributed by atoms with Crippen molar-refractivity contribution in [3.8, 4) is 11.5 Å². The molecule has 0 aliphatic heterocycles. The molecule has 39 heavy (non-hydrogen) atoms. The van der Waals surface area contributed by atoms with Gasteiger partial charge in [0.1, 0.15) is 17.0 Å². The van der Waals surface area contributed by atoms with Crippen LogP contribution in [0.25, 0.3) is 0 Å². The number of nitrogens with zero attached hydrogens (tertiary/aromatic N) is 2. The first kappa shape index (κ1) is 24.3. The van der Waals surface area contributed by atoms with E-state index in [0.29, 0.717) is 6.54 Å². The lowest BCUT2D eigenvalue weighted by molar-refractivity contribution is 0.483. The average Bonchev–Trinajstić information content (AvgIpc) is 3.49. The van der Waals surface area contributed by atoms with Crippen LogP contribution in [0.5, 0.6) is 11.5 Å². The molecule has 0 fully saturated rings. The molecule has 6 rings (SSSR count). The number of anilines is 1.